The van der Waals surface area contributed by atoms with Crippen molar-refractivity contribution in [1.29, 1.82) is 0 Å². The fourth-order valence-electron chi connectivity index (χ4n) is 8.46. The highest BCUT2D eigenvalue weighted by molar-refractivity contribution is 6.23. The summed E-state index contributed by atoms with van der Waals surface area (Å²) >= 11 is 0. The van der Waals surface area contributed by atoms with E-state index < -0.39 is 0 Å². The molecule has 0 heteroatoms. The third-order valence-electron chi connectivity index (χ3n) is 11.0. The van der Waals surface area contributed by atoms with Crippen LogP contribution in [0.1, 0.15) is 25.0 Å². The molecule has 0 aromatic heterocycles. The van der Waals surface area contributed by atoms with E-state index in [1.807, 2.05) is 0 Å². The maximum absolute atomic E-state index is 2.41. The van der Waals surface area contributed by atoms with E-state index >= 15 is 0 Å². The van der Waals surface area contributed by atoms with Crippen molar-refractivity contribution in [2.24, 2.45) is 0 Å². The first-order chi connectivity index (χ1) is 24.0. The largest absolute Gasteiger partial charge is 0.0622 e. The Hall–Kier alpha value is -5.98. The van der Waals surface area contributed by atoms with Crippen LogP contribution in [-0.2, 0) is 5.41 Å². The van der Waals surface area contributed by atoms with Crippen molar-refractivity contribution in [2.45, 2.75) is 19.3 Å². The Morgan fingerprint density at radius 2 is 0.857 bits per heavy atom. The Labute approximate surface area is 286 Å². The quantitative estimate of drug-likeness (QED) is 0.172. The van der Waals surface area contributed by atoms with Crippen LogP contribution < -0.4 is 0 Å². The summed E-state index contributed by atoms with van der Waals surface area (Å²) in [7, 11) is 0. The van der Waals surface area contributed by atoms with Crippen molar-refractivity contribution >= 4 is 43.1 Å². The number of hydrogen-bond donors (Lipinski definition) is 0. The fraction of sp³-hybridized carbons (Fsp3) is 0.0612. The Bertz CT molecular complexity index is 2780. The molecule has 0 saturated heterocycles. The smallest absolute Gasteiger partial charge is 0.0159 e. The summed E-state index contributed by atoms with van der Waals surface area (Å²) in [4.78, 5) is 0. The molecule has 0 nitrogen and oxygen atoms in total. The zero-order valence-electron chi connectivity index (χ0n) is 27.7. The van der Waals surface area contributed by atoms with E-state index in [4.69, 9.17) is 0 Å². The molecule has 0 atom stereocenters. The topological polar surface area (TPSA) is 0 Å². The second-order valence-electron chi connectivity index (χ2n) is 14.1. The summed E-state index contributed by atoms with van der Waals surface area (Å²) in [5.74, 6) is 0. The van der Waals surface area contributed by atoms with Crippen LogP contribution in [0.5, 0.6) is 0 Å². The van der Waals surface area contributed by atoms with Gasteiger partial charge < -0.3 is 0 Å². The monoisotopic (exact) mass is 622 g/mol. The average Bonchev–Trinajstić information content (AvgIpc) is 3.39. The molecule has 0 fully saturated rings. The molecule has 10 rings (SSSR count). The summed E-state index contributed by atoms with van der Waals surface area (Å²) in [6.45, 7) is 4.70. The van der Waals surface area contributed by atoms with E-state index in [9.17, 15) is 0 Å². The summed E-state index contributed by atoms with van der Waals surface area (Å²) < 4.78 is 0. The lowest BCUT2D eigenvalue weighted by atomic mass is 9.81. The molecule has 230 valence electrons. The summed E-state index contributed by atoms with van der Waals surface area (Å²) in [6.07, 6.45) is 0. The summed E-state index contributed by atoms with van der Waals surface area (Å²) in [6, 6.07) is 63.2. The van der Waals surface area contributed by atoms with Crippen LogP contribution in [0.4, 0.5) is 0 Å². The number of fused-ring (bicyclic) bond motifs is 9. The molecule has 0 aliphatic heterocycles. The molecule has 9 aromatic rings. The molecule has 0 saturated carbocycles. The third kappa shape index (κ3) is 4.31. The van der Waals surface area contributed by atoms with Crippen LogP contribution in [0.15, 0.2) is 170 Å². The maximum atomic E-state index is 2.41. The van der Waals surface area contributed by atoms with Crippen molar-refractivity contribution in [3.8, 4) is 44.5 Å². The molecule has 0 N–H and O–H groups in total. The van der Waals surface area contributed by atoms with Crippen LogP contribution in [-0.4, -0.2) is 0 Å². The molecule has 0 spiro atoms. The van der Waals surface area contributed by atoms with Crippen LogP contribution >= 0.6 is 0 Å². The molecule has 0 bridgehead atoms. The normalized spacial score (nSPS) is 13.3. The number of hydrogen-bond acceptors (Lipinski definition) is 0. The van der Waals surface area contributed by atoms with Gasteiger partial charge in [0.1, 0.15) is 0 Å². The van der Waals surface area contributed by atoms with Gasteiger partial charge in [0.2, 0.25) is 0 Å². The van der Waals surface area contributed by atoms with Crippen LogP contribution in [0.3, 0.4) is 0 Å². The van der Waals surface area contributed by atoms with Gasteiger partial charge in [-0.05, 0) is 129 Å². The number of rotatable bonds is 3. The summed E-state index contributed by atoms with van der Waals surface area (Å²) in [5.41, 5.74) is 13.1. The van der Waals surface area contributed by atoms with Gasteiger partial charge in [-0.25, -0.2) is 0 Å². The minimum Gasteiger partial charge on any atom is -0.0622 e. The highest BCUT2D eigenvalue weighted by Gasteiger charge is 2.35. The molecule has 0 heterocycles. The van der Waals surface area contributed by atoms with Gasteiger partial charge >= 0.3 is 0 Å². The predicted molar refractivity (Wildman–Crippen MR) is 210 cm³/mol. The van der Waals surface area contributed by atoms with E-state index in [0.717, 1.165) is 0 Å². The van der Waals surface area contributed by atoms with Crippen molar-refractivity contribution in [2.75, 3.05) is 0 Å². The first-order valence-corrected chi connectivity index (χ1v) is 17.3. The zero-order valence-corrected chi connectivity index (χ0v) is 27.7. The minimum atomic E-state index is -0.00195. The molecule has 49 heavy (non-hydrogen) atoms. The van der Waals surface area contributed by atoms with Gasteiger partial charge in [0.15, 0.2) is 0 Å². The van der Waals surface area contributed by atoms with Gasteiger partial charge in [-0.1, -0.05) is 153 Å². The molecule has 1 aliphatic rings. The lowest BCUT2D eigenvalue weighted by molar-refractivity contribution is 0.660. The van der Waals surface area contributed by atoms with Gasteiger partial charge in [-0.3, -0.25) is 0 Å². The van der Waals surface area contributed by atoms with Gasteiger partial charge in [-0.2, -0.15) is 0 Å². The Balaban J connectivity index is 1.03. The lowest BCUT2D eigenvalue weighted by Gasteiger charge is -2.22. The lowest BCUT2D eigenvalue weighted by Crippen LogP contribution is -2.14. The highest BCUT2D eigenvalue weighted by Crippen LogP contribution is 2.49. The standard InChI is InChI=1S/C49H34/c1-49(2)46-15-9-8-13-42(46)43-25-23-37(30-47(43)49)35-19-18-32-26-34(17-16-33(32)27-35)36-22-24-40-38(28-36)20-21-39-29-45(31-10-4-3-5-11-31)41-12-6-7-14-44(41)48(39)40/h3-30H,1-2H3. The van der Waals surface area contributed by atoms with E-state index in [1.165, 1.54) is 98.7 Å². The van der Waals surface area contributed by atoms with Crippen molar-refractivity contribution in [3.63, 3.8) is 0 Å². The summed E-state index contributed by atoms with van der Waals surface area (Å²) in [5, 5.41) is 10.3. The van der Waals surface area contributed by atoms with Crippen LogP contribution in [0.25, 0.3) is 87.6 Å². The molecule has 9 aromatic carbocycles. The van der Waals surface area contributed by atoms with Gasteiger partial charge in [0.05, 0.1) is 0 Å². The molecular formula is C49H34. The van der Waals surface area contributed by atoms with E-state index in [1.54, 1.807) is 0 Å². The molecule has 0 radical (unpaired) electrons. The second kappa shape index (κ2) is 10.5. The van der Waals surface area contributed by atoms with Crippen molar-refractivity contribution in [1.82, 2.24) is 0 Å². The van der Waals surface area contributed by atoms with Gasteiger partial charge in [0.25, 0.3) is 0 Å². The Morgan fingerprint density at radius 1 is 0.306 bits per heavy atom. The highest BCUT2D eigenvalue weighted by atomic mass is 14.4. The van der Waals surface area contributed by atoms with Crippen molar-refractivity contribution in [3.05, 3.63) is 181 Å². The zero-order chi connectivity index (χ0) is 32.7. The maximum Gasteiger partial charge on any atom is 0.0159 e. The second-order valence-corrected chi connectivity index (χ2v) is 14.1. The number of benzene rings is 9. The average molecular weight is 623 g/mol. The molecule has 1 aliphatic carbocycles. The SMILES string of the molecule is CC1(C)c2ccccc2-c2ccc(-c3ccc4cc(-c5ccc6c(ccc7cc(-c8ccccc8)c8ccccc8c76)c5)ccc4c3)cc21. The Morgan fingerprint density at radius 3 is 1.63 bits per heavy atom. The first-order valence-electron chi connectivity index (χ1n) is 17.3. The Kier molecular flexibility index (Phi) is 6.02. The molecular weight excluding hydrogens is 589 g/mol. The van der Waals surface area contributed by atoms with E-state index in [2.05, 4.69) is 184 Å². The molecule has 0 unspecified atom stereocenters. The fourth-order valence-corrected chi connectivity index (χ4v) is 8.46. The van der Waals surface area contributed by atoms with E-state index in [0.29, 0.717) is 0 Å². The van der Waals surface area contributed by atoms with E-state index in [-0.39, 0.29) is 5.41 Å². The minimum absolute atomic E-state index is 0.00195. The van der Waals surface area contributed by atoms with Crippen LogP contribution in [0.2, 0.25) is 0 Å². The van der Waals surface area contributed by atoms with Crippen molar-refractivity contribution < 1.29 is 0 Å². The van der Waals surface area contributed by atoms with Gasteiger partial charge in [0, 0.05) is 5.41 Å². The predicted octanol–water partition coefficient (Wildman–Crippen LogP) is 13.6. The molecule has 0 amide bonds. The first kappa shape index (κ1) is 28.1. The van der Waals surface area contributed by atoms with Crippen LogP contribution in [0, 0.1) is 0 Å². The van der Waals surface area contributed by atoms with Gasteiger partial charge in [-0.15, -0.1) is 0 Å². The third-order valence-corrected chi connectivity index (χ3v) is 11.0.